The van der Waals surface area contributed by atoms with Gasteiger partial charge in [-0.15, -0.1) is 0 Å². The molecule has 0 saturated heterocycles. The van der Waals surface area contributed by atoms with Gasteiger partial charge in [0, 0.05) is 16.6 Å². The Morgan fingerprint density at radius 3 is 2.41 bits per heavy atom. The Hall–Kier alpha value is -0.870. The molecule has 0 radical (unpaired) electrons. The second kappa shape index (κ2) is 6.77. The molecule has 0 aliphatic rings. The Morgan fingerprint density at radius 2 is 1.88 bits per heavy atom. The van der Waals surface area contributed by atoms with Crippen LogP contribution in [0, 0.1) is 13.8 Å². The number of anilines is 1. The second-order valence-corrected chi connectivity index (χ2v) is 5.09. The minimum absolute atomic E-state index is 0.0776. The van der Waals surface area contributed by atoms with Crippen LogP contribution in [0.2, 0.25) is 0 Å². The zero-order chi connectivity index (χ0) is 12.8. The van der Waals surface area contributed by atoms with E-state index < -0.39 is 0 Å². The monoisotopic (exact) mass is 298 g/mol. The van der Waals surface area contributed by atoms with Crippen molar-refractivity contribution in [2.45, 2.75) is 26.7 Å². The minimum atomic E-state index is 0.0776. The van der Waals surface area contributed by atoms with Crippen LogP contribution in [0.1, 0.15) is 24.0 Å². The van der Waals surface area contributed by atoms with Crippen LogP contribution in [-0.4, -0.2) is 19.5 Å². The summed E-state index contributed by atoms with van der Waals surface area (Å²) in [4.78, 5) is 11.7. The van der Waals surface area contributed by atoms with E-state index in [1.165, 1.54) is 0 Å². The maximum atomic E-state index is 11.7. The summed E-state index contributed by atoms with van der Waals surface area (Å²) in [6.07, 6.45) is 1.41. The summed E-state index contributed by atoms with van der Waals surface area (Å²) in [5.74, 6) is 0.0776. The third-order valence-electron chi connectivity index (χ3n) is 2.59. The van der Waals surface area contributed by atoms with Crippen molar-refractivity contribution in [2.24, 2.45) is 0 Å². The minimum Gasteiger partial charge on any atom is -0.326 e. The van der Waals surface area contributed by atoms with E-state index in [1.54, 1.807) is 0 Å². The van der Waals surface area contributed by atoms with Crippen LogP contribution in [0.5, 0.6) is 0 Å². The predicted molar refractivity (Wildman–Crippen MR) is 75.4 cm³/mol. The molecule has 1 amide bonds. The average Bonchev–Trinajstić information content (AvgIpc) is 2.24. The molecule has 0 spiro atoms. The highest BCUT2D eigenvalue weighted by Gasteiger charge is 2.08. The molecule has 0 atom stereocenters. The SMILES string of the molecule is CNCCCC(=O)Nc1c(C)cc(Br)cc1C. The third kappa shape index (κ3) is 4.48. The van der Waals surface area contributed by atoms with Gasteiger partial charge in [0.15, 0.2) is 0 Å². The lowest BCUT2D eigenvalue weighted by molar-refractivity contribution is -0.116. The van der Waals surface area contributed by atoms with Gasteiger partial charge in [0.25, 0.3) is 0 Å². The first-order valence-corrected chi connectivity index (χ1v) is 6.55. The molecule has 1 rings (SSSR count). The number of carbonyl (C=O) groups excluding carboxylic acids is 1. The first-order valence-electron chi connectivity index (χ1n) is 5.75. The van der Waals surface area contributed by atoms with Gasteiger partial charge < -0.3 is 10.6 Å². The smallest absolute Gasteiger partial charge is 0.224 e. The van der Waals surface area contributed by atoms with E-state index in [2.05, 4.69) is 26.6 Å². The van der Waals surface area contributed by atoms with Gasteiger partial charge in [0.05, 0.1) is 0 Å². The number of benzene rings is 1. The molecule has 0 aliphatic carbocycles. The van der Waals surface area contributed by atoms with Crippen molar-refractivity contribution in [1.29, 1.82) is 0 Å². The number of amides is 1. The molecule has 0 fully saturated rings. The molecule has 0 bridgehead atoms. The Kier molecular flexibility index (Phi) is 5.65. The van der Waals surface area contributed by atoms with Crippen LogP contribution in [0.25, 0.3) is 0 Å². The summed E-state index contributed by atoms with van der Waals surface area (Å²) >= 11 is 3.44. The summed E-state index contributed by atoms with van der Waals surface area (Å²) in [5, 5.41) is 6.01. The zero-order valence-corrected chi connectivity index (χ0v) is 12.1. The van der Waals surface area contributed by atoms with Gasteiger partial charge in [-0.25, -0.2) is 0 Å². The lowest BCUT2D eigenvalue weighted by atomic mass is 10.1. The lowest BCUT2D eigenvalue weighted by Crippen LogP contribution is -2.16. The first kappa shape index (κ1) is 14.2. The van der Waals surface area contributed by atoms with Crippen molar-refractivity contribution in [1.82, 2.24) is 5.32 Å². The van der Waals surface area contributed by atoms with Gasteiger partial charge in [0.2, 0.25) is 5.91 Å². The number of hydrogen-bond donors (Lipinski definition) is 2. The lowest BCUT2D eigenvalue weighted by Gasteiger charge is -2.12. The van der Waals surface area contributed by atoms with Gasteiger partial charge in [-0.05, 0) is 57.1 Å². The molecule has 94 valence electrons. The molecule has 0 heterocycles. The van der Waals surface area contributed by atoms with Gasteiger partial charge in [-0.3, -0.25) is 4.79 Å². The molecule has 1 aromatic rings. The van der Waals surface area contributed by atoms with E-state index in [-0.39, 0.29) is 5.91 Å². The van der Waals surface area contributed by atoms with Crippen LogP contribution in [0.15, 0.2) is 16.6 Å². The van der Waals surface area contributed by atoms with Gasteiger partial charge in [-0.1, -0.05) is 15.9 Å². The number of hydrogen-bond acceptors (Lipinski definition) is 2. The van der Waals surface area contributed by atoms with Crippen molar-refractivity contribution in [3.63, 3.8) is 0 Å². The largest absolute Gasteiger partial charge is 0.326 e. The van der Waals surface area contributed by atoms with E-state index in [4.69, 9.17) is 0 Å². The van der Waals surface area contributed by atoms with Gasteiger partial charge in [0.1, 0.15) is 0 Å². The molecule has 2 N–H and O–H groups in total. The molecular formula is C13H19BrN2O. The van der Waals surface area contributed by atoms with Crippen LogP contribution >= 0.6 is 15.9 Å². The third-order valence-corrected chi connectivity index (χ3v) is 3.05. The van der Waals surface area contributed by atoms with Crippen molar-refractivity contribution in [2.75, 3.05) is 18.9 Å². The van der Waals surface area contributed by atoms with Gasteiger partial charge >= 0.3 is 0 Å². The highest BCUT2D eigenvalue weighted by Crippen LogP contribution is 2.25. The van der Waals surface area contributed by atoms with Crippen molar-refractivity contribution >= 4 is 27.5 Å². The zero-order valence-electron chi connectivity index (χ0n) is 10.6. The van der Waals surface area contributed by atoms with Crippen molar-refractivity contribution < 1.29 is 4.79 Å². The molecule has 17 heavy (non-hydrogen) atoms. The quantitative estimate of drug-likeness (QED) is 0.821. The maximum absolute atomic E-state index is 11.7. The summed E-state index contributed by atoms with van der Waals surface area (Å²) in [5.41, 5.74) is 3.10. The van der Waals surface area contributed by atoms with Gasteiger partial charge in [-0.2, -0.15) is 0 Å². The van der Waals surface area contributed by atoms with Crippen molar-refractivity contribution in [3.8, 4) is 0 Å². The van der Waals surface area contributed by atoms with E-state index in [0.29, 0.717) is 6.42 Å². The maximum Gasteiger partial charge on any atom is 0.224 e. The normalized spacial score (nSPS) is 10.4. The van der Waals surface area contributed by atoms with E-state index in [1.807, 2.05) is 33.0 Å². The molecule has 4 heteroatoms. The Morgan fingerprint density at radius 1 is 1.29 bits per heavy atom. The summed E-state index contributed by atoms with van der Waals surface area (Å²) in [6.45, 7) is 4.87. The Balaban J connectivity index is 2.65. The summed E-state index contributed by atoms with van der Waals surface area (Å²) < 4.78 is 1.04. The van der Waals surface area contributed by atoms with Crippen LogP contribution < -0.4 is 10.6 Å². The fraction of sp³-hybridized carbons (Fsp3) is 0.462. The second-order valence-electron chi connectivity index (χ2n) is 4.17. The van der Waals surface area contributed by atoms with E-state index >= 15 is 0 Å². The predicted octanol–water partition coefficient (Wildman–Crippen LogP) is 3.00. The molecule has 0 saturated carbocycles. The van der Waals surface area contributed by atoms with Crippen LogP contribution in [0.3, 0.4) is 0 Å². The highest BCUT2D eigenvalue weighted by atomic mass is 79.9. The summed E-state index contributed by atoms with van der Waals surface area (Å²) in [7, 11) is 1.89. The molecule has 0 unspecified atom stereocenters. The van der Waals surface area contributed by atoms with Crippen LogP contribution in [0.4, 0.5) is 5.69 Å². The molecule has 0 aliphatic heterocycles. The number of aryl methyl sites for hydroxylation is 2. The number of nitrogens with one attached hydrogen (secondary N) is 2. The average molecular weight is 299 g/mol. The Bertz CT molecular complexity index is 381. The van der Waals surface area contributed by atoms with E-state index in [9.17, 15) is 4.79 Å². The number of halogens is 1. The molecule has 0 aromatic heterocycles. The molecular weight excluding hydrogens is 280 g/mol. The van der Waals surface area contributed by atoms with Crippen LogP contribution in [-0.2, 0) is 4.79 Å². The summed E-state index contributed by atoms with van der Waals surface area (Å²) in [6, 6.07) is 4.02. The Labute approximate surface area is 111 Å². The fourth-order valence-electron chi connectivity index (χ4n) is 1.74. The standard InChI is InChI=1S/C13H19BrN2O/c1-9-7-11(14)8-10(2)13(9)16-12(17)5-4-6-15-3/h7-8,15H,4-6H2,1-3H3,(H,16,17). The topological polar surface area (TPSA) is 41.1 Å². The highest BCUT2D eigenvalue weighted by molar-refractivity contribution is 9.10. The molecule has 3 nitrogen and oxygen atoms in total. The van der Waals surface area contributed by atoms with Crippen molar-refractivity contribution in [3.05, 3.63) is 27.7 Å². The number of carbonyl (C=O) groups is 1. The molecule has 1 aromatic carbocycles. The first-order chi connectivity index (χ1) is 8.04. The number of rotatable bonds is 5. The van der Waals surface area contributed by atoms with E-state index in [0.717, 1.165) is 34.3 Å². The fourth-order valence-corrected chi connectivity index (χ4v) is 2.42.